The molecule has 2 rings (SSSR count). The van der Waals surface area contributed by atoms with Gasteiger partial charge < -0.3 is 20.6 Å². The summed E-state index contributed by atoms with van der Waals surface area (Å²) in [5.74, 6) is 1.19. The van der Waals surface area contributed by atoms with Crippen molar-refractivity contribution in [1.82, 2.24) is 15.5 Å². The number of rotatable bonds is 31. The first kappa shape index (κ1) is 49.4. The van der Waals surface area contributed by atoms with Gasteiger partial charge in [-0.3, -0.25) is 24.5 Å². The Balaban J connectivity index is 2.29. The lowest BCUT2D eigenvalue weighted by Gasteiger charge is -2.24. The van der Waals surface area contributed by atoms with Crippen LogP contribution in [0.25, 0.3) is 0 Å². The Bertz CT molecular complexity index is 1420. The maximum Gasteiger partial charge on any atom is 0.274 e. The zero-order valence-corrected chi connectivity index (χ0v) is 36.3. The smallest absolute Gasteiger partial charge is 0.274 e. The van der Waals surface area contributed by atoms with Crippen molar-refractivity contribution in [2.75, 3.05) is 26.2 Å². The summed E-state index contributed by atoms with van der Waals surface area (Å²) in [6, 6.07) is 11.1. The second-order valence-corrected chi connectivity index (χ2v) is 17.3. The van der Waals surface area contributed by atoms with E-state index in [1.54, 1.807) is 41.3 Å². The number of unbranched alkanes of at least 4 members (excludes halogenated alkanes) is 8. The van der Waals surface area contributed by atoms with Crippen LogP contribution in [0.2, 0.25) is 0 Å². The van der Waals surface area contributed by atoms with Crippen LogP contribution in [0.15, 0.2) is 42.5 Å². The Hall–Kier alpha value is -3.79. The molecule has 0 aromatic heterocycles. The molecule has 320 valence electrons. The van der Waals surface area contributed by atoms with Crippen molar-refractivity contribution >= 4 is 23.4 Å². The summed E-state index contributed by atoms with van der Waals surface area (Å²) < 4.78 is 0. The topological polar surface area (TPSA) is 142 Å². The summed E-state index contributed by atoms with van der Waals surface area (Å²) in [6.45, 7) is 14.9. The monoisotopic (exact) mass is 793 g/mol. The highest BCUT2D eigenvalue weighted by Gasteiger charge is 2.24. The number of carbonyl (C=O) groups excluding carboxylic acids is 3. The van der Waals surface area contributed by atoms with E-state index in [4.69, 9.17) is 5.11 Å². The number of hydrogen-bond donors (Lipinski definition) is 3. The van der Waals surface area contributed by atoms with E-state index >= 15 is 0 Å². The largest absolute Gasteiger partial charge is 0.396 e. The second kappa shape index (κ2) is 28.6. The fraction of sp³-hybridized carbons (Fsp3) is 0.681. The summed E-state index contributed by atoms with van der Waals surface area (Å²) in [4.78, 5) is 54.8. The van der Waals surface area contributed by atoms with Crippen LogP contribution < -0.4 is 10.6 Å². The van der Waals surface area contributed by atoms with E-state index < -0.39 is 4.92 Å². The zero-order valence-electron chi connectivity index (χ0n) is 36.3. The minimum absolute atomic E-state index is 0.0300. The van der Waals surface area contributed by atoms with Gasteiger partial charge in [-0.15, -0.1) is 0 Å². The number of amides is 3. The molecule has 0 spiro atoms. The molecule has 0 aliphatic heterocycles. The van der Waals surface area contributed by atoms with Gasteiger partial charge in [0.2, 0.25) is 0 Å². The molecule has 0 radical (unpaired) electrons. The van der Waals surface area contributed by atoms with Gasteiger partial charge in [0.25, 0.3) is 23.4 Å². The Morgan fingerprint density at radius 2 is 1.09 bits per heavy atom. The van der Waals surface area contributed by atoms with E-state index in [0.29, 0.717) is 48.9 Å². The third kappa shape index (κ3) is 21.0. The standard InChI is InChI=1S/C47H76N4O6/c1-36(2)20-18-22-38(5)26-28-48-45(53)41-32-42(46(54)49-29-27-39(6)23-19-21-37(3)4)34-43(33-41)47(55)50(35-40-24-14-15-25-44(40)51(56)57)30-16-12-10-8-7-9-11-13-17-31-52/h14-15,24-25,32-34,36-39,52H,7-13,16-23,26-31,35H2,1-6H3,(H,48,53)(H,49,54)/t38-,39-/m0/s1. The van der Waals surface area contributed by atoms with Gasteiger partial charge in [-0.2, -0.15) is 0 Å². The number of carbonyl (C=O) groups is 3. The van der Waals surface area contributed by atoms with Gasteiger partial charge in [0.15, 0.2) is 0 Å². The first-order valence-corrected chi connectivity index (χ1v) is 22.2. The maximum absolute atomic E-state index is 14.4. The minimum Gasteiger partial charge on any atom is -0.396 e. The molecule has 0 heterocycles. The Labute approximate surface area is 344 Å². The molecule has 2 aromatic carbocycles. The lowest BCUT2D eigenvalue weighted by molar-refractivity contribution is -0.385. The van der Waals surface area contributed by atoms with Gasteiger partial charge in [-0.1, -0.05) is 143 Å². The van der Waals surface area contributed by atoms with Gasteiger partial charge in [-0.25, -0.2) is 0 Å². The molecular formula is C47H76N4O6. The lowest BCUT2D eigenvalue weighted by Crippen LogP contribution is -2.33. The van der Waals surface area contributed by atoms with Crippen molar-refractivity contribution in [1.29, 1.82) is 0 Å². The van der Waals surface area contributed by atoms with Gasteiger partial charge in [0.05, 0.1) is 11.5 Å². The van der Waals surface area contributed by atoms with Crippen LogP contribution in [0.5, 0.6) is 0 Å². The van der Waals surface area contributed by atoms with Crippen molar-refractivity contribution in [2.24, 2.45) is 23.7 Å². The number of aliphatic hydroxyl groups excluding tert-OH is 1. The van der Waals surface area contributed by atoms with E-state index in [-0.39, 0.29) is 53.3 Å². The summed E-state index contributed by atoms with van der Waals surface area (Å²) in [5.41, 5.74) is 1.06. The van der Waals surface area contributed by atoms with Gasteiger partial charge >= 0.3 is 0 Å². The lowest BCUT2D eigenvalue weighted by atomic mass is 9.97. The molecule has 0 aliphatic carbocycles. The molecule has 2 atom stereocenters. The molecule has 0 fully saturated rings. The molecule has 2 aromatic rings. The SMILES string of the molecule is CC(C)CCC[C@H](C)CCNC(=O)c1cc(C(=O)NCC[C@@H](C)CCCC(C)C)cc(C(=O)N(CCCCCCCCCCCO)Cc2ccccc2[N+](=O)[O-])c1. The summed E-state index contributed by atoms with van der Waals surface area (Å²) >= 11 is 0. The number of nitrogens with one attached hydrogen (secondary N) is 2. The predicted octanol–water partition coefficient (Wildman–Crippen LogP) is 10.9. The van der Waals surface area contributed by atoms with Crippen LogP contribution in [0.1, 0.15) is 187 Å². The molecule has 0 bridgehead atoms. The summed E-state index contributed by atoms with van der Waals surface area (Å²) in [5, 5.41) is 27.0. The van der Waals surface area contributed by atoms with E-state index in [1.165, 1.54) is 18.9 Å². The van der Waals surface area contributed by atoms with Gasteiger partial charge in [0.1, 0.15) is 0 Å². The average molecular weight is 793 g/mol. The second-order valence-electron chi connectivity index (χ2n) is 17.3. The highest BCUT2D eigenvalue weighted by molar-refractivity contribution is 6.04. The predicted molar refractivity (Wildman–Crippen MR) is 233 cm³/mol. The Morgan fingerprint density at radius 3 is 1.56 bits per heavy atom. The van der Waals surface area contributed by atoms with E-state index in [2.05, 4.69) is 52.2 Å². The molecule has 3 amide bonds. The fourth-order valence-corrected chi connectivity index (χ4v) is 7.23. The zero-order chi connectivity index (χ0) is 42.0. The van der Waals surface area contributed by atoms with E-state index in [0.717, 1.165) is 96.3 Å². The number of benzene rings is 2. The van der Waals surface area contributed by atoms with Crippen LogP contribution >= 0.6 is 0 Å². The minimum atomic E-state index is -0.428. The molecular weight excluding hydrogens is 717 g/mol. The number of hydrogen-bond acceptors (Lipinski definition) is 6. The molecule has 57 heavy (non-hydrogen) atoms. The van der Waals surface area contributed by atoms with Crippen molar-refractivity contribution in [3.05, 3.63) is 74.8 Å². The van der Waals surface area contributed by atoms with Crippen LogP contribution in [0.3, 0.4) is 0 Å². The van der Waals surface area contributed by atoms with Crippen LogP contribution in [-0.2, 0) is 6.54 Å². The molecule has 10 nitrogen and oxygen atoms in total. The number of nitro groups is 1. The average Bonchev–Trinajstić information content (AvgIpc) is 3.17. The van der Waals surface area contributed by atoms with Crippen LogP contribution in [0, 0.1) is 33.8 Å². The van der Waals surface area contributed by atoms with Gasteiger partial charge in [-0.05, 0) is 67.6 Å². The van der Waals surface area contributed by atoms with Crippen molar-refractivity contribution in [3.63, 3.8) is 0 Å². The molecule has 3 N–H and O–H groups in total. The van der Waals surface area contributed by atoms with Gasteiger partial charge in [0, 0.05) is 54.6 Å². The molecule has 0 unspecified atom stereocenters. The highest BCUT2D eigenvalue weighted by Crippen LogP contribution is 2.23. The highest BCUT2D eigenvalue weighted by atomic mass is 16.6. The molecule has 0 saturated carbocycles. The molecule has 0 saturated heterocycles. The van der Waals surface area contributed by atoms with Crippen molar-refractivity contribution in [3.8, 4) is 0 Å². The number of nitro benzene ring substituents is 1. The maximum atomic E-state index is 14.4. The number of para-hydroxylation sites is 1. The first-order valence-electron chi connectivity index (χ1n) is 22.2. The third-order valence-electron chi connectivity index (χ3n) is 10.9. The molecule has 10 heteroatoms. The normalized spacial score (nSPS) is 12.4. The fourth-order valence-electron chi connectivity index (χ4n) is 7.23. The van der Waals surface area contributed by atoms with E-state index in [9.17, 15) is 24.5 Å². The molecule has 0 aliphatic rings. The Morgan fingerprint density at radius 1 is 0.632 bits per heavy atom. The summed E-state index contributed by atoms with van der Waals surface area (Å²) in [6.07, 6.45) is 17.5. The number of aliphatic hydroxyl groups is 1. The summed E-state index contributed by atoms with van der Waals surface area (Å²) in [7, 11) is 0. The van der Waals surface area contributed by atoms with Crippen LogP contribution in [-0.4, -0.2) is 58.9 Å². The quantitative estimate of drug-likeness (QED) is 0.0394. The third-order valence-corrected chi connectivity index (χ3v) is 10.9. The van der Waals surface area contributed by atoms with Crippen LogP contribution in [0.4, 0.5) is 5.69 Å². The van der Waals surface area contributed by atoms with E-state index in [1.807, 2.05) is 0 Å². The Kier molecular flexibility index (Phi) is 24.8. The first-order chi connectivity index (χ1) is 27.3. The number of nitrogens with zero attached hydrogens (tertiary/aromatic N) is 2. The van der Waals surface area contributed by atoms with Crippen molar-refractivity contribution in [2.45, 2.75) is 157 Å². The van der Waals surface area contributed by atoms with Crippen molar-refractivity contribution < 1.29 is 24.4 Å².